The molecule has 0 spiro atoms. The first-order chi connectivity index (χ1) is 5.20. The zero-order valence-corrected chi connectivity index (χ0v) is 5.64. The van der Waals surface area contributed by atoms with E-state index in [-0.39, 0.29) is 5.88 Å². The van der Waals surface area contributed by atoms with Crippen molar-refractivity contribution >= 4 is 0 Å². The van der Waals surface area contributed by atoms with Crippen molar-refractivity contribution in [1.29, 1.82) is 0 Å². The summed E-state index contributed by atoms with van der Waals surface area (Å²) >= 11 is 0. The van der Waals surface area contributed by atoms with Gasteiger partial charge in [0, 0.05) is 0 Å². The monoisotopic (exact) mass is 160 g/mol. The van der Waals surface area contributed by atoms with Crippen LogP contribution >= 0.6 is 0 Å². The number of hydrogen-bond acceptors (Lipinski definition) is 4. The molecule has 1 aromatic rings. The van der Waals surface area contributed by atoms with Gasteiger partial charge in [-0.25, -0.2) is 9.36 Å². The third-order valence-electron chi connectivity index (χ3n) is 1.32. The number of aliphatic hydroxyl groups excluding tert-OH is 2. The van der Waals surface area contributed by atoms with E-state index in [2.05, 4.69) is 0 Å². The minimum absolute atomic E-state index is 0.369. The summed E-state index contributed by atoms with van der Waals surface area (Å²) in [5.41, 5.74) is -0.646. The van der Waals surface area contributed by atoms with E-state index in [4.69, 9.17) is 15.3 Å². The van der Waals surface area contributed by atoms with Crippen molar-refractivity contribution < 1.29 is 15.3 Å². The van der Waals surface area contributed by atoms with Crippen LogP contribution in [-0.2, 0) is 13.5 Å². The molecule has 11 heavy (non-hydrogen) atoms. The van der Waals surface area contributed by atoms with E-state index >= 15 is 0 Å². The highest BCUT2D eigenvalue weighted by molar-refractivity contribution is 5.04. The Kier molecular flexibility index (Phi) is 1.97. The quantitative estimate of drug-likeness (QED) is 0.479. The van der Waals surface area contributed by atoms with Gasteiger partial charge in [0.1, 0.15) is 13.5 Å². The molecule has 0 aliphatic heterocycles. The van der Waals surface area contributed by atoms with Gasteiger partial charge in [-0.1, -0.05) is 0 Å². The summed E-state index contributed by atoms with van der Waals surface area (Å²) in [7, 11) is 0. The molecule has 1 heterocycles. The number of aromatic nitrogens is 2. The first-order valence-corrected chi connectivity index (χ1v) is 2.91. The normalized spacial score (nSPS) is 10.4. The maximum absolute atomic E-state index is 10.9. The number of nitrogens with zero attached hydrogens (tertiary/aromatic N) is 2. The second-order valence-electron chi connectivity index (χ2n) is 1.95. The zero-order chi connectivity index (χ0) is 8.43. The van der Waals surface area contributed by atoms with Crippen LogP contribution in [0.5, 0.6) is 5.88 Å². The molecular formula is C5H8N2O4. The first-order valence-electron chi connectivity index (χ1n) is 2.91. The Labute approximate surface area is 61.6 Å². The lowest BCUT2D eigenvalue weighted by molar-refractivity contribution is 0.182. The Morgan fingerprint density at radius 3 is 2.27 bits per heavy atom. The van der Waals surface area contributed by atoms with E-state index in [1.54, 1.807) is 0 Å². The fourth-order valence-corrected chi connectivity index (χ4v) is 0.752. The molecule has 0 aromatic carbocycles. The summed E-state index contributed by atoms with van der Waals surface area (Å²) in [6.07, 6.45) is 1.04. The number of rotatable bonds is 2. The van der Waals surface area contributed by atoms with Crippen molar-refractivity contribution in [2.24, 2.45) is 0 Å². The van der Waals surface area contributed by atoms with Crippen molar-refractivity contribution in [2.75, 3.05) is 0 Å². The van der Waals surface area contributed by atoms with Gasteiger partial charge in [-0.05, 0) is 0 Å². The van der Waals surface area contributed by atoms with E-state index in [0.717, 1.165) is 15.3 Å². The van der Waals surface area contributed by atoms with Gasteiger partial charge in [0.25, 0.3) is 0 Å². The third-order valence-corrected chi connectivity index (χ3v) is 1.32. The number of hydrogen-bond donors (Lipinski definition) is 3. The van der Waals surface area contributed by atoms with Gasteiger partial charge in [-0.2, -0.15) is 0 Å². The smallest absolute Gasteiger partial charge is 0.334 e. The van der Waals surface area contributed by atoms with Crippen LogP contribution in [0.4, 0.5) is 0 Å². The summed E-state index contributed by atoms with van der Waals surface area (Å²) in [6.45, 7) is -1.11. The van der Waals surface area contributed by atoms with Crippen LogP contribution in [0.2, 0.25) is 0 Å². The lowest BCUT2D eigenvalue weighted by Gasteiger charge is -1.93. The molecule has 0 atom stereocenters. The van der Waals surface area contributed by atoms with Crippen molar-refractivity contribution in [1.82, 2.24) is 9.13 Å². The summed E-state index contributed by atoms with van der Waals surface area (Å²) in [5, 5.41) is 25.9. The lowest BCUT2D eigenvalue weighted by atomic mass is 10.8. The highest BCUT2D eigenvalue weighted by Gasteiger charge is 2.06. The van der Waals surface area contributed by atoms with E-state index in [1.165, 1.54) is 0 Å². The van der Waals surface area contributed by atoms with Crippen molar-refractivity contribution in [3.63, 3.8) is 0 Å². The molecule has 0 fully saturated rings. The second kappa shape index (κ2) is 2.77. The maximum Gasteiger partial charge on any atom is 0.334 e. The number of imidazole rings is 1. The van der Waals surface area contributed by atoms with Crippen molar-refractivity contribution in [3.8, 4) is 5.88 Å². The zero-order valence-electron chi connectivity index (χ0n) is 5.64. The molecule has 0 aliphatic carbocycles. The molecule has 0 aliphatic rings. The summed E-state index contributed by atoms with van der Waals surface area (Å²) in [6, 6.07) is 0. The topological polar surface area (TPSA) is 87.6 Å². The molecule has 1 aromatic heterocycles. The fourth-order valence-electron chi connectivity index (χ4n) is 0.752. The fraction of sp³-hybridized carbons (Fsp3) is 0.400. The Morgan fingerprint density at radius 1 is 1.36 bits per heavy atom. The Morgan fingerprint density at radius 2 is 2.00 bits per heavy atom. The number of aliphatic hydroxyl groups is 2. The van der Waals surface area contributed by atoms with Crippen molar-refractivity contribution in [2.45, 2.75) is 13.5 Å². The van der Waals surface area contributed by atoms with Gasteiger partial charge in [-0.15, -0.1) is 0 Å². The third kappa shape index (κ3) is 1.13. The van der Waals surface area contributed by atoms with E-state index in [1.807, 2.05) is 0 Å². The predicted octanol–water partition coefficient (Wildman–Crippen LogP) is -1.75. The van der Waals surface area contributed by atoms with Gasteiger partial charge in [0.05, 0.1) is 6.20 Å². The van der Waals surface area contributed by atoms with Crippen LogP contribution in [0.3, 0.4) is 0 Å². The average molecular weight is 160 g/mol. The van der Waals surface area contributed by atoms with Crippen LogP contribution in [-0.4, -0.2) is 24.5 Å². The molecule has 0 amide bonds. The van der Waals surface area contributed by atoms with Crippen LogP contribution in [0, 0.1) is 0 Å². The highest BCUT2D eigenvalue weighted by atomic mass is 16.3. The molecule has 62 valence electrons. The van der Waals surface area contributed by atoms with Crippen LogP contribution < -0.4 is 5.69 Å². The molecular weight excluding hydrogens is 152 g/mol. The Bertz CT molecular complexity index is 300. The molecule has 1 rings (SSSR count). The van der Waals surface area contributed by atoms with Crippen LogP contribution in [0.25, 0.3) is 0 Å². The largest absolute Gasteiger partial charge is 0.493 e. The SMILES string of the molecule is O=c1n(CO)cc(O)n1CO. The molecule has 0 unspecified atom stereocenters. The first kappa shape index (κ1) is 7.83. The molecule has 0 saturated heterocycles. The molecule has 0 radical (unpaired) electrons. The lowest BCUT2D eigenvalue weighted by Crippen LogP contribution is -2.23. The molecule has 0 saturated carbocycles. The highest BCUT2D eigenvalue weighted by Crippen LogP contribution is 2.03. The molecule has 0 bridgehead atoms. The summed E-state index contributed by atoms with van der Waals surface area (Å²) in [5.74, 6) is -0.369. The molecule has 6 heteroatoms. The standard InChI is InChI=1S/C5H8N2O4/c8-2-6-1-4(10)7(3-9)5(6)11/h1,8-10H,2-3H2. The van der Waals surface area contributed by atoms with Crippen LogP contribution in [0.1, 0.15) is 0 Å². The second-order valence-corrected chi connectivity index (χ2v) is 1.95. The van der Waals surface area contributed by atoms with Gasteiger partial charge in [0.15, 0.2) is 0 Å². The molecule has 3 N–H and O–H groups in total. The van der Waals surface area contributed by atoms with Gasteiger partial charge in [-0.3, -0.25) is 4.57 Å². The minimum Gasteiger partial charge on any atom is -0.493 e. The maximum atomic E-state index is 10.9. The summed E-state index contributed by atoms with van der Waals surface area (Å²) in [4.78, 5) is 10.9. The van der Waals surface area contributed by atoms with E-state index in [0.29, 0.717) is 0 Å². The Balaban J connectivity index is 3.25. The van der Waals surface area contributed by atoms with Gasteiger partial charge >= 0.3 is 5.69 Å². The van der Waals surface area contributed by atoms with Crippen molar-refractivity contribution in [3.05, 3.63) is 16.7 Å². The summed E-state index contributed by atoms with van der Waals surface area (Å²) < 4.78 is 1.59. The number of aromatic hydroxyl groups is 1. The van der Waals surface area contributed by atoms with Gasteiger partial charge in [0.2, 0.25) is 5.88 Å². The molecule has 6 nitrogen and oxygen atoms in total. The van der Waals surface area contributed by atoms with E-state index < -0.39 is 19.2 Å². The predicted molar refractivity (Wildman–Crippen MR) is 34.8 cm³/mol. The van der Waals surface area contributed by atoms with Crippen LogP contribution in [0.15, 0.2) is 11.0 Å². The van der Waals surface area contributed by atoms with Gasteiger partial charge < -0.3 is 15.3 Å². The van der Waals surface area contributed by atoms with E-state index in [9.17, 15) is 4.79 Å². The Hall–Kier alpha value is -1.27. The minimum atomic E-state index is -0.646. The average Bonchev–Trinajstić information content (AvgIpc) is 2.26.